The van der Waals surface area contributed by atoms with Gasteiger partial charge in [0, 0.05) is 41.4 Å². The van der Waals surface area contributed by atoms with Crippen LogP contribution in [0.3, 0.4) is 0 Å². The Kier molecular flexibility index (Phi) is 17.8. The van der Waals surface area contributed by atoms with Gasteiger partial charge in [0.05, 0.1) is 33.0 Å². The summed E-state index contributed by atoms with van der Waals surface area (Å²) in [5.74, 6) is 1.14. The van der Waals surface area contributed by atoms with Crippen molar-refractivity contribution >= 4 is 22.7 Å². The zero-order valence-corrected chi connectivity index (χ0v) is 29.9. The van der Waals surface area contributed by atoms with E-state index in [1.54, 1.807) is 13.2 Å². The molecule has 0 fully saturated rings. The summed E-state index contributed by atoms with van der Waals surface area (Å²) in [5.41, 5.74) is 5.34. The normalized spacial score (nSPS) is 11.6. The summed E-state index contributed by atoms with van der Waals surface area (Å²) in [5, 5.41) is 0. The van der Waals surface area contributed by atoms with E-state index in [0.717, 1.165) is 70.8 Å². The molecule has 9 heteroatoms. The fourth-order valence-corrected chi connectivity index (χ4v) is 5.89. The van der Waals surface area contributed by atoms with Crippen LogP contribution in [0.15, 0.2) is 65.6 Å². The van der Waals surface area contributed by atoms with Gasteiger partial charge in [0.25, 0.3) is 0 Å². The topological polar surface area (TPSA) is 97.4 Å². The molecule has 0 aromatic heterocycles. The monoisotopic (exact) mass is 680 g/mol. The van der Waals surface area contributed by atoms with E-state index in [1.165, 1.54) is 5.56 Å². The molecule has 0 aliphatic carbocycles. The number of unbranched alkanes of at least 4 members (excludes halogenated alkanes) is 3. The Morgan fingerprint density at radius 3 is 2.10 bits per heavy atom. The first kappa shape index (κ1) is 38.8. The molecule has 0 heterocycles. The van der Waals surface area contributed by atoms with Crippen LogP contribution in [-0.4, -0.2) is 55.4 Å². The molecule has 0 amide bonds. The molecule has 0 N–H and O–H groups in total. The summed E-state index contributed by atoms with van der Waals surface area (Å²) < 4.78 is 40.0. The van der Waals surface area contributed by atoms with Crippen molar-refractivity contribution in [1.29, 1.82) is 0 Å². The van der Waals surface area contributed by atoms with Gasteiger partial charge in [0.2, 0.25) is 0 Å². The van der Waals surface area contributed by atoms with E-state index in [0.29, 0.717) is 65.3 Å². The van der Waals surface area contributed by atoms with E-state index in [4.69, 9.17) is 23.7 Å². The molecule has 262 valence electrons. The number of hydrogen-bond acceptors (Lipinski definition) is 8. The average Bonchev–Trinajstić information content (AvgIpc) is 3.08. The lowest BCUT2D eigenvalue weighted by Crippen LogP contribution is -2.10. The fraction of sp³-hybridized carbons (Fsp3) is 0.487. The molecule has 0 bridgehead atoms. The number of carbonyl (C=O) groups excluding carboxylic acids is 2. The molecule has 3 aromatic rings. The van der Waals surface area contributed by atoms with E-state index in [2.05, 4.69) is 18.2 Å². The predicted octanol–water partition coefficient (Wildman–Crippen LogP) is 8.03. The van der Waals surface area contributed by atoms with E-state index in [1.807, 2.05) is 56.3 Å². The van der Waals surface area contributed by atoms with E-state index < -0.39 is 10.8 Å². The Balaban J connectivity index is 1.53. The first-order chi connectivity index (χ1) is 23.3. The molecule has 48 heavy (non-hydrogen) atoms. The molecule has 0 aliphatic heterocycles. The number of ether oxygens (including phenoxy) is 5. The largest absolute Gasteiger partial charge is 0.494 e. The van der Waals surface area contributed by atoms with Crippen molar-refractivity contribution in [3.8, 4) is 22.6 Å². The Labute approximate surface area is 288 Å². The zero-order valence-electron chi connectivity index (χ0n) is 29.1. The maximum Gasteiger partial charge on any atom is 0.306 e. The molecule has 0 aliphatic rings. The second-order valence-corrected chi connectivity index (χ2v) is 12.8. The molecule has 1 unspecified atom stereocenters. The van der Waals surface area contributed by atoms with E-state index in [-0.39, 0.29) is 11.9 Å². The van der Waals surface area contributed by atoms with Crippen LogP contribution in [0.2, 0.25) is 0 Å². The summed E-state index contributed by atoms with van der Waals surface area (Å²) in [4.78, 5) is 24.6. The maximum absolute atomic E-state index is 12.1. The van der Waals surface area contributed by atoms with Crippen LogP contribution in [-0.2, 0) is 54.0 Å². The van der Waals surface area contributed by atoms with Crippen molar-refractivity contribution in [2.45, 2.75) is 90.1 Å². The van der Waals surface area contributed by atoms with Gasteiger partial charge in [-0.1, -0.05) is 37.1 Å². The van der Waals surface area contributed by atoms with Gasteiger partial charge in [-0.05, 0) is 117 Å². The first-order valence-electron chi connectivity index (χ1n) is 17.2. The smallest absolute Gasteiger partial charge is 0.306 e. The standard InChI is InChI=1S/C39H52O8S/c1-5-43-29-30-26-33(31-18-20-35(21-19-31)48(4)42)28-34(27-30)46-24-11-9-8-10-14-32-15-12-16-37(36(32)22-23-39(41)45-7-3)47-25-13-17-38(40)44-6-2/h12,15-16,18-21,26-28H,5-11,13-14,17,22-25,29H2,1-4H3. The Bertz CT molecular complexity index is 1440. The van der Waals surface area contributed by atoms with Crippen molar-refractivity contribution in [2.24, 2.45) is 0 Å². The van der Waals surface area contributed by atoms with Crippen LogP contribution >= 0.6 is 0 Å². The van der Waals surface area contributed by atoms with Gasteiger partial charge in [0.1, 0.15) is 11.5 Å². The molecule has 8 nitrogen and oxygen atoms in total. The maximum atomic E-state index is 12.1. The fourth-order valence-electron chi connectivity index (χ4n) is 5.37. The van der Waals surface area contributed by atoms with Crippen LogP contribution < -0.4 is 9.47 Å². The van der Waals surface area contributed by atoms with Crippen LogP contribution in [0.25, 0.3) is 11.1 Å². The number of carbonyl (C=O) groups is 2. The minimum absolute atomic E-state index is 0.219. The molecule has 0 radical (unpaired) electrons. The van der Waals surface area contributed by atoms with Crippen LogP contribution in [0.1, 0.15) is 82.4 Å². The second kappa shape index (κ2) is 22.0. The molecule has 0 saturated carbocycles. The number of rotatable bonds is 23. The van der Waals surface area contributed by atoms with Gasteiger partial charge in [0.15, 0.2) is 0 Å². The molecular weight excluding hydrogens is 628 g/mol. The third-order valence-corrected chi connectivity index (χ3v) is 8.71. The van der Waals surface area contributed by atoms with Crippen molar-refractivity contribution in [3.05, 3.63) is 77.4 Å². The zero-order chi connectivity index (χ0) is 34.6. The van der Waals surface area contributed by atoms with Gasteiger partial charge in [-0.25, -0.2) is 0 Å². The van der Waals surface area contributed by atoms with Crippen molar-refractivity contribution in [1.82, 2.24) is 0 Å². The SMILES string of the molecule is CCOCc1cc(OCCCCCCc2cccc(OCCCC(=O)OCC)c2CCC(=O)OCC)cc(-c2ccc(S(C)=O)cc2)c1. The highest BCUT2D eigenvalue weighted by Gasteiger charge is 2.13. The number of aryl methyl sites for hydroxylation is 1. The predicted molar refractivity (Wildman–Crippen MR) is 190 cm³/mol. The van der Waals surface area contributed by atoms with Gasteiger partial charge >= 0.3 is 11.9 Å². The van der Waals surface area contributed by atoms with E-state index in [9.17, 15) is 13.8 Å². The van der Waals surface area contributed by atoms with Crippen LogP contribution in [0.5, 0.6) is 11.5 Å². The minimum atomic E-state index is -1.02. The minimum Gasteiger partial charge on any atom is -0.494 e. The van der Waals surface area contributed by atoms with Gasteiger partial charge in [-0.3, -0.25) is 13.8 Å². The summed E-state index contributed by atoms with van der Waals surface area (Å²) in [6.45, 7) is 8.49. The van der Waals surface area contributed by atoms with Crippen molar-refractivity contribution < 1.29 is 37.5 Å². The van der Waals surface area contributed by atoms with Crippen molar-refractivity contribution in [2.75, 3.05) is 39.3 Å². The number of benzene rings is 3. The lowest BCUT2D eigenvalue weighted by atomic mass is 9.96. The highest BCUT2D eigenvalue weighted by Crippen LogP contribution is 2.29. The quantitative estimate of drug-likeness (QED) is 0.0734. The van der Waals surface area contributed by atoms with E-state index >= 15 is 0 Å². The summed E-state index contributed by atoms with van der Waals surface area (Å²) >= 11 is 0. The lowest BCUT2D eigenvalue weighted by Gasteiger charge is -2.16. The van der Waals surface area contributed by atoms with Gasteiger partial charge < -0.3 is 23.7 Å². The number of hydrogen-bond donors (Lipinski definition) is 0. The van der Waals surface area contributed by atoms with Crippen LogP contribution in [0.4, 0.5) is 0 Å². The Hall–Kier alpha value is -3.69. The third-order valence-electron chi connectivity index (χ3n) is 7.77. The molecule has 0 spiro atoms. The molecular formula is C39H52O8S. The third kappa shape index (κ3) is 13.8. The highest BCUT2D eigenvalue weighted by molar-refractivity contribution is 7.84. The van der Waals surface area contributed by atoms with Gasteiger partial charge in [-0.15, -0.1) is 0 Å². The average molecular weight is 681 g/mol. The molecule has 0 saturated heterocycles. The van der Waals surface area contributed by atoms with Crippen LogP contribution in [0, 0.1) is 0 Å². The summed E-state index contributed by atoms with van der Waals surface area (Å²) in [7, 11) is -1.02. The number of esters is 2. The van der Waals surface area contributed by atoms with Gasteiger partial charge in [-0.2, -0.15) is 0 Å². The molecule has 3 rings (SSSR count). The highest BCUT2D eigenvalue weighted by atomic mass is 32.2. The Morgan fingerprint density at radius 2 is 1.40 bits per heavy atom. The summed E-state index contributed by atoms with van der Waals surface area (Å²) in [6.07, 6.45) is 8.29. The summed E-state index contributed by atoms with van der Waals surface area (Å²) in [6, 6.07) is 20.0. The molecule has 1 atom stereocenters. The van der Waals surface area contributed by atoms with Crippen molar-refractivity contribution in [3.63, 3.8) is 0 Å². The molecule has 3 aromatic carbocycles. The second-order valence-electron chi connectivity index (χ2n) is 11.4. The first-order valence-corrected chi connectivity index (χ1v) is 18.7. The Morgan fingerprint density at radius 1 is 0.688 bits per heavy atom. The lowest BCUT2D eigenvalue weighted by molar-refractivity contribution is -0.144.